The first-order chi connectivity index (χ1) is 12.1. The van der Waals surface area contributed by atoms with E-state index in [2.05, 4.69) is 17.2 Å². The molecule has 0 unspecified atom stereocenters. The third kappa shape index (κ3) is 5.59. The maximum absolute atomic E-state index is 11.8. The molecule has 0 saturated heterocycles. The lowest BCUT2D eigenvalue weighted by molar-refractivity contribution is -0.122. The van der Waals surface area contributed by atoms with Crippen LogP contribution >= 0.6 is 0 Å². The van der Waals surface area contributed by atoms with Gasteiger partial charge in [-0.15, -0.1) is 0 Å². The number of primary amides is 1. The van der Waals surface area contributed by atoms with Crippen LogP contribution in [0.2, 0.25) is 0 Å². The Morgan fingerprint density at radius 2 is 1.76 bits per heavy atom. The highest BCUT2D eigenvalue weighted by molar-refractivity contribution is 5.92. The second-order valence-corrected chi connectivity index (χ2v) is 4.96. The fraction of sp³-hybridized carbons (Fsp3) is 0.158. The molecule has 0 aliphatic carbocycles. The van der Waals surface area contributed by atoms with E-state index in [1.54, 1.807) is 42.5 Å². The smallest absolute Gasteiger partial charge is 0.258 e. The standard InChI is InChI=1S/C19H18N2O4/c1-24-16-6-2-3-7-17(16)25-13-18(22)21-12-4-5-14-8-10-15(11-9-14)19(20)23/h2-3,6-11H,12-13H2,1H3,(H2,20,23)(H,21,22). The molecule has 0 saturated carbocycles. The van der Waals surface area contributed by atoms with Crippen molar-refractivity contribution in [1.82, 2.24) is 5.32 Å². The van der Waals surface area contributed by atoms with Crippen molar-refractivity contribution >= 4 is 11.8 Å². The van der Waals surface area contributed by atoms with Crippen molar-refractivity contribution in [3.05, 3.63) is 59.7 Å². The molecule has 128 valence electrons. The summed E-state index contributed by atoms with van der Waals surface area (Å²) < 4.78 is 10.6. The number of benzene rings is 2. The minimum absolute atomic E-state index is 0.130. The van der Waals surface area contributed by atoms with E-state index in [1.165, 1.54) is 7.11 Å². The third-order valence-corrected chi connectivity index (χ3v) is 3.20. The van der Waals surface area contributed by atoms with Crippen LogP contribution in [0.5, 0.6) is 11.5 Å². The fourth-order valence-corrected chi connectivity index (χ4v) is 1.94. The molecule has 0 spiro atoms. The maximum atomic E-state index is 11.8. The van der Waals surface area contributed by atoms with Gasteiger partial charge in [0.05, 0.1) is 13.7 Å². The lowest BCUT2D eigenvalue weighted by atomic mass is 10.1. The van der Waals surface area contributed by atoms with Crippen molar-refractivity contribution in [2.24, 2.45) is 5.73 Å². The van der Waals surface area contributed by atoms with Crippen LogP contribution in [0.4, 0.5) is 0 Å². The highest BCUT2D eigenvalue weighted by atomic mass is 16.5. The van der Waals surface area contributed by atoms with Crippen molar-refractivity contribution in [3.8, 4) is 23.3 Å². The highest BCUT2D eigenvalue weighted by Gasteiger charge is 2.05. The number of hydrogen-bond acceptors (Lipinski definition) is 4. The van der Waals surface area contributed by atoms with Crippen molar-refractivity contribution in [1.29, 1.82) is 0 Å². The summed E-state index contributed by atoms with van der Waals surface area (Å²) in [4.78, 5) is 22.7. The van der Waals surface area contributed by atoms with Gasteiger partial charge in [-0.1, -0.05) is 24.0 Å². The lowest BCUT2D eigenvalue weighted by Crippen LogP contribution is -2.29. The summed E-state index contributed by atoms with van der Waals surface area (Å²) in [6.07, 6.45) is 0. The number of para-hydroxylation sites is 2. The summed E-state index contributed by atoms with van der Waals surface area (Å²) >= 11 is 0. The highest BCUT2D eigenvalue weighted by Crippen LogP contribution is 2.25. The number of carbonyl (C=O) groups is 2. The second-order valence-electron chi connectivity index (χ2n) is 4.96. The molecular weight excluding hydrogens is 320 g/mol. The van der Waals surface area contributed by atoms with Crippen molar-refractivity contribution < 1.29 is 19.1 Å². The normalized spacial score (nSPS) is 9.48. The Kier molecular flexibility index (Phi) is 6.43. The van der Waals surface area contributed by atoms with Gasteiger partial charge in [-0.25, -0.2) is 0 Å². The number of methoxy groups -OCH3 is 1. The SMILES string of the molecule is COc1ccccc1OCC(=O)NCC#Cc1ccc(C(N)=O)cc1. The summed E-state index contributed by atoms with van der Waals surface area (Å²) in [5.74, 6) is 6.00. The number of nitrogens with two attached hydrogens (primary N) is 1. The monoisotopic (exact) mass is 338 g/mol. The Bertz CT molecular complexity index is 804. The molecular formula is C19H18N2O4. The van der Waals surface area contributed by atoms with Gasteiger partial charge in [0, 0.05) is 11.1 Å². The van der Waals surface area contributed by atoms with Gasteiger partial charge >= 0.3 is 0 Å². The van der Waals surface area contributed by atoms with Crippen molar-refractivity contribution in [2.75, 3.05) is 20.3 Å². The molecule has 2 rings (SSSR count). The quantitative estimate of drug-likeness (QED) is 0.778. The average Bonchev–Trinajstić information content (AvgIpc) is 2.64. The minimum Gasteiger partial charge on any atom is -0.493 e. The third-order valence-electron chi connectivity index (χ3n) is 3.20. The van der Waals surface area contributed by atoms with Crippen LogP contribution in [-0.2, 0) is 4.79 Å². The topological polar surface area (TPSA) is 90.7 Å². The van der Waals surface area contributed by atoms with E-state index in [9.17, 15) is 9.59 Å². The predicted octanol–water partition coefficient (Wildman–Crippen LogP) is 1.34. The second kappa shape index (κ2) is 8.99. The molecule has 0 aliphatic heterocycles. The molecule has 6 heteroatoms. The Balaban J connectivity index is 1.78. The summed E-state index contributed by atoms with van der Waals surface area (Å²) in [7, 11) is 1.54. The summed E-state index contributed by atoms with van der Waals surface area (Å²) in [6.45, 7) is 0.0566. The number of rotatable bonds is 6. The van der Waals surface area contributed by atoms with Crippen LogP contribution in [0.3, 0.4) is 0 Å². The average molecular weight is 338 g/mol. The molecule has 0 aliphatic rings. The van der Waals surface area contributed by atoms with Crippen molar-refractivity contribution in [2.45, 2.75) is 0 Å². The van der Waals surface area contributed by atoms with Crippen LogP contribution in [0, 0.1) is 11.8 Å². The number of amides is 2. The van der Waals surface area contributed by atoms with E-state index >= 15 is 0 Å². The molecule has 0 radical (unpaired) electrons. The van der Waals surface area contributed by atoms with E-state index in [-0.39, 0.29) is 19.1 Å². The van der Waals surface area contributed by atoms with E-state index in [1.807, 2.05) is 6.07 Å². The number of nitrogens with one attached hydrogen (secondary N) is 1. The van der Waals surface area contributed by atoms with E-state index in [0.29, 0.717) is 17.1 Å². The zero-order valence-electron chi connectivity index (χ0n) is 13.7. The minimum atomic E-state index is -0.484. The molecule has 2 aromatic carbocycles. The van der Waals surface area contributed by atoms with Crippen LogP contribution < -0.4 is 20.5 Å². The zero-order chi connectivity index (χ0) is 18.1. The molecule has 2 amide bonds. The summed E-state index contributed by atoms with van der Waals surface area (Å²) in [6, 6.07) is 13.7. The van der Waals surface area contributed by atoms with Gasteiger partial charge in [0.25, 0.3) is 5.91 Å². The van der Waals surface area contributed by atoms with Crippen LogP contribution in [-0.4, -0.2) is 32.1 Å². The molecule has 0 atom stereocenters. The molecule has 0 fully saturated rings. The Labute approximate surface area is 145 Å². The number of carbonyl (C=O) groups excluding carboxylic acids is 2. The van der Waals surface area contributed by atoms with E-state index in [4.69, 9.17) is 15.2 Å². The maximum Gasteiger partial charge on any atom is 0.258 e. The summed E-state index contributed by atoms with van der Waals surface area (Å²) in [5, 5.41) is 2.64. The summed E-state index contributed by atoms with van der Waals surface area (Å²) in [5.41, 5.74) is 6.32. The van der Waals surface area contributed by atoms with Gasteiger partial charge in [0.15, 0.2) is 18.1 Å². The molecule has 6 nitrogen and oxygen atoms in total. The largest absolute Gasteiger partial charge is 0.493 e. The molecule has 3 N–H and O–H groups in total. The van der Waals surface area contributed by atoms with Gasteiger partial charge in [-0.05, 0) is 36.4 Å². The first kappa shape index (κ1) is 17.9. The molecule has 0 heterocycles. The molecule has 2 aromatic rings. The Morgan fingerprint density at radius 1 is 1.08 bits per heavy atom. The first-order valence-corrected chi connectivity index (χ1v) is 7.51. The zero-order valence-corrected chi connectivity index (χ0v) is 13.7. The number of ether oxygens (including phenoxy) is 2. The number of hydrogen-bond donors (Lipinski definition) is 2. The predicted molar refractivity (Wildman–Crippen MR) is 93.3 cm³/mol. The van der Waals surface area contributed by atoms with Gasteiger partial charge in [0.1, 0.15) is 0 Å². The van der Waals surface area contributed by atoms with Crippen LogP contribution in [0.25, 0.3) is 0 Å². The van der Waals surface area contributed by atoms with Gasteiger partial charge in [-0.2, -0.15) is 0 Å². The van der Waals surface area contributed by atoms with Crippen LogP contribution in [0.1, 0.15) is 15.9 Å². The molecule has 25 heavy (non-hydrogen) atoms. The van der Waals surface area contributed by atoms with Crippen LogP contribution in [0.15, 0.2) is 48.5 Å². The fourth-order valence-electron chi connectivity index (χ4n) is 1.94. The van der Waals surface area contributed by atoms with E-state index in [0.717, 1.165) is 5.56 Å². The van der Waals surface area contributed by atoms with E-state index < -0.39 is 5.91 Å². The van der Waals surface area contributed by atoms with Gasteiger partial charge < -0.3 is 20.5 Å². The van der Waals surface area contributed by atoms with Crippen molar-refractivity contribution in [3.63, 3.8) is 0 Å². The first-order valence-electron chi connectivity index (χ1n) is 7.51. The van der Waals surface area contributed by atoms with Gasteiger partial charge in [0.2, 0.25) is 5.91 Å². The Hall–Kier alpha value is -3.46. The molecule has 0 bridgehead atoms. The Morgan fingerprint density at radius 3 is 2.40 bits per heavy atom. The molecule has 0 aromatic heterocycles. The van der Waals surface area contributed by atoms with Gasteiger partial charge in [-0.3, -0.25) is 9.59 Å². The lowest BCUT2D eigenvalue weighted by Gasteiger charge is -2.09.